The van der Waals surface area contributed by atoms with Crippen molar-refractivity contribution in [3.8, 4) is 11.4 Å². The van der Waals surface area contributed by atoms with Gasteiger partial charge in [-0.3, -0.25) is 4.79 Å². The Bertz CT molecular complexity index is 1090. The molecule has 2 aromatic heterocycles. The second kappa shape index (κ2) is 8.36. The molecule has 3 heterocycles. The number of ether oxygens (including phenoxy) is 1. The second-order valence-corrected chi connectivity index (χ2v) is 7.81. The Morgan fingerprint density at radius 1 is 1.20 bits per heavy atom. The highest BCUT2D eigenvalue weighted by Gasteiger charge is 2.34. The third kappa shape index (κ3) is 4.11. The van der Waals surface area contributed by atoms with Gasteiger partial charge in [0.1, 0.15) is 17.5 Å². The van der Waals surface area contributed by atoms with E-state index in [0.717, 1.165) is 24.0 Å². The van der Waals surface area contributed by atoms with Gasteiger partial charge >= 0.3 is 0 Å². The van der Waals surface area contributed by atoms with Crippen LogP contribution in [-0.2, 0) is 10.2 Å². The van der Waals surface area contributed by atoms with Crippen molar-refractivity contribution in [3.63, 3.8) is 0 Å². The molecule has 1 aromatic carbocycles. The highest BCUT2D eigenvalue weighted by atomic mass is 19.1. The number of pyridine rings is 1. The van der Waals surface area contributed by atoms with E-state index in [2.05, 4.69) is 20.3 Å². The van der Waals surface area contributed by atoms with E-state index in [9.17, 15) is 9.18 Å². The van der Waals surface area contributed by atoms with Gasteiger partial charge in [-0.25, -0.2) is 14.4 Å². The number of nitrogens with zero attached hydrogens (tertiary/aromatic N) is 2. The monoisotopic (exact) mass is 408 g/mol. The van der Waals surface area contributed by atoms with Crippen molar-refractivity contribution in [2.24, 2.45) is 0 Å². The zero-order valence-electron chi connectivity index (χ0n) is 17.2. The highest BCUT2D eigenvalue weighted by molar-refractivity contribution is 5.56. The number of aryl methyl sites for hydroxylation is 1. The van der Waals surface area contributed by atoms with Crippen LogP contribution in [-0.4, -0.2) is 34.7 Å². The van der Waals surface area contributed by atoms with Crippen LogP contribution in [0.25, 0.3) is 11.4 Å². The van der Waals surface area contributed by atoms with E-state index in [-0.39, 0.29) is 16.8 Å². The number of rotatable bonds is 5. The van der Waals surface area contributed by atoms with Gasteiger partial charge < -0.3 is 15.0 Å². The predicted molar refractivity (Wildman–Crippen MR) is 114 cm³/mol. The zero-order chi connectivity index (χ0) is 21.1. The SMILES string of the molecule is Cc1nc(-c2ccc(NCC3(c4cccc(F)c4)CCOCC3)nc2)[nH]c(=O)c1C. The molecule has 1 fully saturated rings. The average molecular weight is 408 g/mol. The molecular formula is C23H25FN4O2. The smallest absolute Gasteiger partial charge is 0.254 e. The van der Waals surface area contributed by atoms with Crippen LogP contribution in [0.4, 0.5) is 10.2 Å². The van der Waals surface area contributed by atoms with Gasteiger partial charge in [0.05, 0.1) is 0 Å². The first kappa shape index (κ1) is 20.2. The summed E-state index contributed by atoms with van der Waals surface area (Å²) in [5.41, 5.74) is 2.69. The molecule has 1 aliphatic rings. The van der Waals surface area contributed by atoms with Crippen molar-refractivity contribution in [2.45, 2.75) is 32.1 Å². The molecule has 0 atom stereocenters. The maximum absolute atomic E-state index is 13.8. The van der Waals surface area contributed by atoms with E-state index in [4.69, 9.17) is 4.74 Å². The van der Waals surface area contributed by atoms with Crippen LogP contribution in [0.2, 0.25) is 0 Å². The van der Waals surface area contributed by atoms with Crippen molar-refractivity contribution in [2.75, 3.05) is 25.1 Å². The Labute approximate surface area is 174 Å². The first-order chi connectivity index (χ1) is 14.5. The molecule has 0 amide bonds. The molecule has 0 aliphatic carbocycles. The van der Waals surface area contributed by atoms with Gasteiger partial charge in [0.2, 0.25) is 0 Å². The minimum Gasteiger partial charge on any atom is -0.381 e. The summed E-state index contributed by atoms with van der Waals surface area (Å²) >= 11 is 0. The van der Waals surface area contributed by atoms with Gasteiger partial charge in [-0.05, 0) is 56.5 Å². The van der Waals surface area contributed by atoms with E-state index in [0.29, 0.717) is 42.7 Å². The molecule has 0 radical (unpaired) electrons. The van der Waals surface area contributed by atoms with Gasteiger partial charge in [0.15, 0.2) is 0 Å². The minimum absolute atomic E-state index is 0.142. The van der Waals surface area contributed by atoms with E-state index >= 15 is 0 Å². The number of hydrogen-bond acceptors (Lipinski definition) is 5. The lowest BCUT2D eigenvalue weighted by Gasteiger charge is -2.38. The second-order valence-electron chi connectivity index (χ2n) is 7.81. The van der Waals surface area contributed by atoms with Crippen LogP contribution >= 0.6 is 0 Å². The number of hydrogen-bond donors (Lipinski definition) is 2. The van der Waals surface area contributed by atoms with Crippen molar-refractivity contribution in [3.05, 3.63) is 75.6 Å². The lowest BCUT2D eigenvalue weighted by molar-refractivity contribution is 0.0542. The van der Waals surface area contributed by atoms with Gasteiger partial charge in [0, 0.05) is 48.2 Å². The molecular weight excluding hydrogens is 383 g/mol. The van der Waals surface area contributed by atoms with E-state index in [1.165, 1.54) is 6.07 Å². The summed E-state index contributed by atoms with van der Waals surface area (Å²) in [6.07, 6.45) is 3.32. The standard InChI is InChI=1S/C23H25FN4O2/c1-15-16(2)27-21(28-22(15)29)17-6-7-20(25-13-17)26-14-23(8-10-30-11-9-23)18-4-3-5-19(24)12-18/h3-7,12-13H,8-11,14H2,1-2H3,(H,25,26)(H,27,28,29). The fourth-order valence-electron chi connectivity index (χ4n) is 3.83. The van der Waals surface area contributed by atoms with Crippen LogP contribution < -0.4 is 10.9 Å². The molecule has 0 spiro atoms. The summed E-state index contributed by atoms with van der Waals surface area (Å²) in [7, 11) is 0. The largest absolute Gasteiger partial charge is 0.381 e. The molecule has 0 bridgehead atoms. The van der Waals surface area contributed by atoms with Crippen LogP contribution in [0, 0.1) is 19.7 Å². The Kier molecular flexibility index (Phi) is 5.63. The maximum atomic E-state index is 13.8. The molecule has 1 saturated heterocycles. The first-order valence-electron chi connectivity index (χ1n) is 10.1. The van der Waals surface area contributed by atoms with Gasteiger partial charge in [0.25, 0.3) is 5.56 Å². The predicted octanol–water partition coefficient (Wildman–Crippen LogP) is 3.75. The van der Waals surface area contributed by atoms with Crippen molar-refractivity contribution in [1.82, 2.24) is 15.0 Å². The number of aromatic nitrogens is 3. The summed E-state index contributed by atoms with van der Waals surface area (Å²) in [6.45, 7) is 5.50. The molecule has 3 aromatic rings. The minimum atomic E-state index is -0.226. The van der Waals surface area contributed by atoms with Crippen molar-refractivity contribution < 1.29 is 9.13 Å². The quantitative estimate of drug-likeness (QED) is 0.672. The maximum Gasteiger partial charge on any atom is 0.254 e. The lowest BCUT2D eigenvalue weighted by Crippen LogP contribution is -2.40. The van der Waals surface area contributed by atoms with E-state index in [1.807, 2.05) is 25.1 Å². The van der Waals surface area contributed by atoms with Crippen molar-refractivity contribution >= 4 is 5.82 Å². The fraction of sp³-hybridized carbons (Fsp3) is 0.348. The first-order valence-corrected chi connectivity index (χ1v) is 10.1. The topological polar surface area (TPSA) is 79.9 Å². The van der Waals surface area contributed by atoms with Crippen LogP contribution in [0.3, 0.4) is 0 Å². The van der Waals surface area contributed by atoms with E-state index < -0.39 is 0 Å². The summed E-state index contributed by atoms with van der Waals surface area (Å²) in [4.78, 5) is 23.7. The van der Waals surface area contributed by atoms with Crippen LogP contribution in [0.15, 0.2) is 47.4 Å². The number of halogens is 1. The highest BCUT2D eigenvalue weighted by Crippen LogP contribution is 2.35. The molecule has 7 heteroatoms. The Balaban J connectivity index is 1.53. The number of benzene rings is 1. The molecule has 0 unspecified atom stereocenters. The third-order valence-corrected chi connectivity index (χ3v) is 5.93. The van der Waals surface area contributed by atoms with Gasteiger partial charge in [-0.2, -0.15) is 0 Å². The number of H-pyrrole nitrogens is 1. The average Bonchev–Trinajstić information content (AvgIpc) is 2.77. The molecule has 2 N–H and O–H groups in total. The third-order valence-electron chi connectivity index (χ3n) is 5.93. The summed E-state index contributed by atoms with van der Waals surface area (Å²) in [6, 6.07) is 10.6. The van der Waals surface area contributed by atoms with Gasteiger partial charge in [-0.15, -0.1) is 0 Å². The Hall–Kier alpha value is -3.06. The number of nitrogens with one attached hydrogen (secondary N) is 2. The van der Waals surface area contributed by atoms with E-state index in [1.54, 1.807) is 25.3 Å². The molecule has 1 aliphatic heterocycles. The molecule has 156 valence electrons. The lowest BCUT2D eigenvalue weighted by atomic mass is 9.74. The molecule has 4 rings (SSSR count). The van der Waals surface area contributed by atoms with Crippen LogP contribution in [0.1, 0.15) is 29.7 Å². The molecule has 6 nitrogen and oxygen atoms in total. The Morgan fingerprint density at radius 3 is 2.67 bits per heavy atom. The summed E-state index contributed by atoms with van der Waals surface area (Å²) in [5.74, 6) is 0.991. The fourth-order valence-corrected chi connectivity index (χ4v) is 3.83. The summed E-state index contributed by atoms with van der Waals surface area (Å²) < 4.78 is 19.4. The Morgan fingerprint density at radius 2 is 2.00 bits per heavy atom. The zero-order valence-corrected chi connectivity index (χ0v) is 17.2. The van der Waals surface area contributed by atoms with Gasteiger partial charge in [-0.1, -0.05) is 12.1 Å². The van der Waals surface area contributed by atoms with Crippen molar-refractivity contribution in [1.29, 1.82) is 0 Å². The normalized spacial score (nSPS) is 15.7. The van der Waals surface area contributed by atoms with Crippen LogP contribution in [0.5, 0.6) is 0 Å². The molecule has 30 heavy (non-hydrogen) atoms. The number of aromatic amines is 1. The summed E-state index contributed by atoms with van der Waals surface area (Å²) in [5, 5.41) is 3.40. The molecule has 0 saturated carbocycles. The number of anilines is 1.